The van der Waals surface area contributed by atoms with Crippen molar-refractivity contribution in [3.8, 4) is 0 Å². The molecule has 0 saturated carbocycles. The minimum Gasteiger partial charge on any atom is -0.364 e. The molecule has 0 aliphatic heterocycles. The minimum absolute atomic E-state index is 0.00398. The Bertz CT molecular complexity index is 370. The van der Waals surface area contributed by atoms with Gasteiger partial charge in [0.25, 0.3) is 5.91 Å². The van der Waals surface area contributed by atoms with Gasteiger partial charge in [0, 0.05) is 0 Å². The summed E-state index contributed by atoms with van der Waals surface area (Å²) in [5.41, 5.74) is 11.0. The second-order valence-electron chi connectivity index (χ2n) is 2.69. The largest absolute Gasteiger partial charge is 0.364 e. The molecule has 0 saturated heterocycles. The molecule has 0 unspecified atom stereocenters. The third-order valence-electron chi connectivity index (χ3n) is 1.63. The van der Waals surface area contributed by atoms with E-state index in [-0.39, 0.29) is 17.9 Å². The van der Waals surface area contributed by atoms with Crippen LogP contribution in [0, 0.1) is 6.92 Å². The first-order valence-electron chi connectivity index (χ1n) is 3.91. The van der Waals surface area contributed by atoms with E-state index in [9.17, 15) is 9.59 Å². The number of primary amides is 1. The summed E-state index contributed by atoms with van der Waals surface area (Å²) in [4.78, 5) is 21.8. The molecule has 1 aromatic rings. The lowest BCUT2D eigenvalue weighted by atomic mass is 10.3. The molecule has 7 nitrogen and oxygen atoms in total. The number of carbonyl (C=O) groups is 2. The molecule has 2 amide bonds. The summed E-state index contributed by atoms with van der Waals surface area (Å²) in [7, 11) is 0. The van der Waals surface area contributed by atoms with Crippen molar-refractivity contribution in [1.82, 2.24) is 10.2 Å². The summed E-state index contributed by atoms with van der Waals surface area (Å²) in [5.74, 6) is -1.11. The van der Waals surface area contributed by atoms with Crippen molar-refractivity contribution in [3.05, 3.63) is 11.4 Å². The summed E-state index contributed by atoms with van der Waals surface area (Å²) < 4.78 is 0. The molecule has 76 valence electrons. The van der Waals surface area contributed by atoms with Crippen LogP contribution >= 0.6 is 0 Å². The summed E-state index contributed by atoms with van der Waals surface area (Å²) in [5, 5.41) is 8.62. The van der Waals surface area contributed by atoms with Crippen LogP contribution in [-0.2, 0) is 4.79 Å². The fourth-order valence-electron chi connectivity index (χ4n) is 0.951. The molecule has 0 fully saturated rings. The Labute approximate surface area is 79.8 Å². The second kappa shape index (κ2) is 3.88. The van der Waals surface area contributed by atoms with E-state index in [1.165, 1.54) is 0 Å². The number of nitrogens with two attached hydrogens (primary N) is 2. The van der Waals surface area contributed by atoms with E-state index in [0.29, 0.717) is 5.69 Å². The molecule has 7 heteroatoms. The molecule has 0 radical (unpaired) electrons. The monoisotopic (exact) mass is 197 g/mol. The normalized spacial score (nSPS) is 9.86. The Kier molecular flexibility index (Phi) is 2.82. The number of aromatic amines is 1. The van der Waals surface area contributed by atoms with Crippen LogP contribution in [0.25, 0.3) is 0 Å². The SMILES string of the molecule is Cc1[nH]nc(C(N)=O)c1NC(=O)CN. The molecule has 1 rings (SSSR count). The predicted octanol–water partition coefficient (Wildman–Crippen LogP) is -1.29. The number of aromatic nitrogens is 2. The smallest absolute Gasteiger partial charge is 0.271 e. The van der Waals surface area contributed by atoms with E-state index < -0.39 is 11.8 Å². The van der Waals surface area contributed by atoms with Crippen molar-refractivity contribution in [2.24, 2.45) is 11.5 Å². The highest BCUT2D eigenvalue weighted by atomic mass is 16.2. The lowest BCUT2D eigenvalue weighted by Gasteiger charge is -2.02. The molecule has 0 aliphatic carbocycles. The van der Waals surface area contributed by atoms with Gasteiger partial charge >= 0.3 is 0 Å². The molecule has 1 heterocycles. The minimum atomic E-state index is -0.707. The van der Waals surface area contributed by atoms with Gasteiger partial charge in [0.15, 0.2) is 5.69 Å². The van der Waals surface area contributed by atoms with E-state index in [1.54, 1.807) is 6.92 Å². The maximum atomic E-state index is 11.0. The number of aryl methyl sites for hydroxylation is 1. The van der Waals surface area contributed by atoms with Crippen molar-refractivity contribution in [1.29, 1.82) is 0 Å². The zero-order chi connectivity index (χ0) is 10.7. The molecule has 0 spiro atoms. The molecule has 14 heavy (non-hydrogen) atoms. The number of H-pyrrole nitrogens is 1. The van der Waals surface area contributed by atoms with E-state index in [2.05, 4.69) is 15.5 Å². The Balaban J connectivity index is 2.99. The zero-order valence-electron chi connectivity index (χ0n) is 7.63. The van der Waals surface area contributed by atoms with Crippen molar-refractivity contribution in [2.45, 2.75) is 6.92 Å². The Morgan fingerprint density at radius 1 is 1.57 bits per heavy atom. The van der Waals surface area contributed by atoms with Gasteiger partial charge < -0.3 is 16.8 Å². The number of nitrogens with zero attached hydrogens (tertiary/aromatic N) is 1. The number of hydrogen-bond donors (Lipinski definition) is 4. The van der Waals surface area contributed by atoms with Crippen LogP contribution in [0.1, 0.15) is 16.2 Å². The number of amides is 2. The molecule has 0 bridgehead atoms. The maximum Gasteiger partial charge on any atom is 0.271 e. The van der Waals surface area contributed by atoms with Crippen molar-refractivity contribution >= 4 is 17.5 Å². The quantitative estimate of drug-likeness (QED) is 0.481. The Morgan fingerprint density at radius 3 is 2.71 bits per heavy atom. The van der Waals surface area contributed by atoms with Crippen LogP contribution in [0.15, 0.2) is 0 Å². The second-order valence-corrected chi connectivity index (χ2v) is 2.69. The van der Waals surface area contributed by atoms with E-state index in [0.717, 1.165) is 0 Å². The van der Waals surface area contributed by atoms with E-state index >= 15 is 0 Å². The summed E-state index contributed by atoms with van der Waals surface area (Å²) >= 11 is 0. The van der Waals surface area contributed by atoms with Crippen LogP contribution in [-0.4, -0.2) is 28.6 Å². The zero-order valence-corrected chi connectivity index (χ0v) is 7.63. The van der Waals surface area contributed by atoms with Crippen LogP contribution < -0.4 is 16.8 Å². The molecule has 0 aliphatic rings. The van der Waals surface area contributed by atoms with Gasteiger partial charge in [-0.3, -0.25) is 14.7 Å². The van der Waals surface area contributed by atoms with E-state index in [4.69, 9.17) is 11.5 Å². The average Bonchev–Trinajstić information content (AvgIpc) is 2.48. The Morgan fingerprint density at radius 2 is 2.21 bits per heavy atom. The van der Waals surface area contributed by atoms with E-state index in [1.807, 2.05) is 0 Å². The average molecular weight is 197 g/mol. The number of anilines is 1. The summed E-state index contributed by atoms with van der Waals surface area (Å²) in [6.45, 7) is 1.49. The third-order valence-corrected chi connectivity index (χ3v) is 1.63. The molecule has 0 atom stereocenters. The standard InChI is InChI=1S/C7H11N5O2/c1-3-5(10-4(13)2-8)6(7(9)14)12-11-3/h2,8H2,1H3,(H2,9,14)(H,10,13)(H,11,12). The number of carbonyl (C=O) groups excluding carboxylic acids is 2. The van der Waals surface area contributed by atoms with Gasteiger partial charge in [-0.1, -0.05) is 0 Å². The predicted molar refractivity (Wildman–Crippen MR) is 49.5 cm³/mol. The van der Waals surface area contributed by atoms with Crippen LogP contribution in [0.2, 0.25) is 0 Å². The Hall–Kier alpha value is -1.89. The maximum absolute atomic E-state index is 11.0. The highest BCUT2D eigenvalue weighted by Gasteiger charge is 2.16. The van der Waals surface area contributed by atoms with Gasteiger partial charge in [-0.05, 0) is 6.92 Å². The summed E-state index contributed by atoms with van der Waals surface area (Å²) in [6.07, 6.45) is 0. The fraction of sp³-hybridized carbons (Fsp3) is 0.286. The van der Waals surface area contributed by atoms with Gasteiger partial charge in [-0.25, -0.2) is 0 Å². The fourth-order valence-corrected chi connectivity index (χ4v) is 0.951. The first-order chi connectivity index (χ1) is 6.56. The molecule has 1 aromatic heterocycles. The van der Waals surface area contributed by atoms with Crippen molar-refractivity contribution in [3.63, 3.8) is 0 Å². The van der Waals surface area contributed by atoms with Crippen LogP contribution in [0.3, 0.4) is 0 Å². The van der Waals surface area contributed by atoms with Crippen molar-refractivity contribution < 1.29 is 9.59 Å². The lowest BCUT2D eigenvalue weighted by molar-refractivity contribution is -0.114. The topological polar surface area (TPSA) is 127 Å². The lowest BCUT2D eigenvalue weighted by Crippen LogP contribution is -2.24. The number of rotatable bonds is 3. The number of hydrogen-bond acceptors (Lipinski definition) is 4. The van der Waals surface area contributed by atoms with Gasteiger partial charge in [0.1, 0.15) is 0 Å². The van der Waals surface area contributed by atoms with Crippen molar-refractivity contribution in [2.75, 3.05) is 11.9 Å². The van der Waals surface area contributed by atoms with Crippen LogP contribution in [0.4, 0.5) is 5.69 Å². The van der Waals surface area contributed by atoms with Crippen LogP contribution in [0.5, 0.6) is 0 Å². The highest BCUT2D eigenvalue weighted by Crippen LogP contribution is 2.16. The number of nitrogens with one attached hydrogen (secondary N) is 2. The molecular weight excluding hydrogens is 186 g/mol. The molecule has 0 aromatic carbocycles. The van der Waals surface area contributed by atoms with Gasteiger partial charge in [-0.15, -0.1) is 0 Å². The van der Waals surface area contributed by atoms with Gasteiger partial charge in [0.2, 0.25) is 5.91 Å². The molecule has 6 N–H and O–H groups in total. The third kappa shape index (κ3) is 1.88. The summed E-state index contributed by atoms with van der Waals surface area (Å²) in [6, 6.07) is 0. The molecular formula is C7H11N5O2. The first-order valence-corrected chi connectivity index (χ1v) is 3.91. The van der Waals surface area contributed by atoms with Gasteiger partial charge in [-0.2, -0.15) is 5.10 Å². The highest BCUT2D eigenvalue weighted by molar-refractivity contribution is 6.02. The first kappa shape index (κ1) is 10.2. The van der Waals surface area contributed by atoms with Gasteiger partial charge in [0.05, 0.1) is 17.9 Å².